The number of allylic oxidation sites excluding steroid dienone is 1. The lowest BCUT2D eigenvalue weighted by molar-refractivity contribution is -0.162. The van der Waals surface area contributed by atoms with Gasteiger partial charge in [-0.3, -0.25) is 9.59 Å². The lowest BCUT2D eigenvalue weighted by atomic mass is 9.46. The molecule has 5 rings (SSSR count). The molecule has 3 N–H and O–H groups in total. The number of nitrogens with one attached hydrogen (secondary N) is 1. The van der Waals surface area contributed by atoms with Crippen LogP contribution in [0.25, 0.3) is 0 Å². The summed E-state index contributed by atoms with van der Waals surface area (Å²) >= 11 is 0. The Hall–Kier alpha value is -2.02. The van der Waals surface area contributed by atoms with Crippen LogP contribution in [0.1, 0.15) is 97.1 Å². The van der Waals surface area contributed by atoms with E-state index in [0.29, 0.717) is 30.7 Å². The van der Waals surface area contributed by atoms with Gasteiger partial charge in [-0.1, -0.05) is 55.8 Å². The molecule has 0 aromatic heterocycles. The summed E-state index contributed by atoms with van der Waals surface area (Å²) in [5.74, 6) is 1.10. The molecule has 3 saturated carbocycles. The predicted octanol–water partition coefficient (Wildman–Crippen LogP) is 5.28. The van der Waals surface area contributed by atoms with Crippen molar-refractivity contribution in [2.45, 2.75) is 109 Å². The maximum atomic E-state index is 13.6. The largest absolute Gasteiger partial charge is 0.462 e. The Labute approximate surface area is 233 Å². The Kier molecular flexibility index (Phi) is 7.86. The zero-order valence-electron chi connectivity index (χ0n) is 24.1. The van der Waals surface area contributed by atoms with Gasteiger partial charge < -0.3 is 20.3 Å². The Bertz CT molecular complexity index is 1100. The molecule has 4 aliphatic carbocycles. The van der Waals surface area contributed by atoms with Gasteiger partial charge in [0.1, 0.15) is 11.7 Å². The fourth-order valence-electron chi connectivity index (χ4n) is 9.11. The molecule has 214 valence electrons. The number of hydrogen-bond acceptors (Lipinski definition) is 6. The molecule has 0 radical (unpaired) electrons. The first-order chi connectivity index (χ1) is 18.5. The maximum Gasteiger partial charge on any atom is 0.302 e. The number of fused-ring (bicyclic) bond motifs is 5. The predicted molar refractivity (Wildman–Crippen MR) is 151 cm³/mol. The number of ether oxygens (including phenoxy) is 1. The second-order valence-corrected chi connectivity index (χ2v) is 13.4. The summed E-state index contributed by atoms with van der Waals surface area (Å²) in [4.78, 5) is 25.2. The first-order valence-electron chi connectivity index (χ1n) is 15.1. The minimum atomic E-state index is -1.29. The van der Waals surface area contributed by atoms with E-state index in [1.165, 1.54) is 12.5 Å². The van der Waals surface area contributed by atoms with Gasteiger partial charge in [-0.2, -0.15) is 0 Å². The molecule has 0 aliphatic heterocycles. The van der Waals surface area contributed by atoms with Gasteiger partial charge in [-0.25, -0.2) is 0 Å². The van der Waals surface area contributed by atoms with Crippen molar-refractivity contribution in [2.24, 2.45) is 28.6 Å². The zero-order chi connectivity index (χ0) is 28.0. The molecular formula is C33H47NO5. The number of rotatable bonds is 8. The fourth-order valence-corrected chi connectivity index (χ4v) is 9.11. The summed E-state index contributed by atoms with van der Waals surface area (Å²) in [7, 11) is 0. The Balaban J connectivity index is 1.23. The van der Waals surface area contributed by atoms with Gasteiger partial charge in [0.2, 0.25) is 0 Å². The SMILES string of the molecule is CC(=O)OC1CCC2(C)C(=CCC3C2CCC2(C)C3CCC2(O)C(=O)CCNC(C)C(O)c2ccccc2)C1. The molecule has 1 aromatic rings. The topological polar surface area (TPSA) is 95.9 Å². The quantitative estimate of drug-likeness (QED) is 0.308. The lowest BCUT2D eigenvalue weighted by Crippen LogP contribution is -2.57. The number of carbonyl (C=O) groups is 2. The number of esters is 1. The van der Waals surface area contributed by atoms with Crippen molar-refractivity contribution in [3.63, 3.8) is 0 Å². The smallest absolute Gasteiger partial charge is 0.302 e. The van der Waals surface area contributed by atoms with Crippen LogP contribution in [0.3, 0.4) is 0 Å². The van der Waals surface area contributed by atoms with Crippen LogP contribution in [0.5, 0.6) is 0 Å². The number of hydrogen-bond donors (Lipinski definition) is 3. The van der Waals surface area contributed by atoms with E-state index in [2.05, 4.69) is 25.2 Å². The highest BCUT2D eigenvalue weighted by molar-refractivity contribution is 5.88. The molecule has 3 fully saturated rings. The summed E-state index contributed by atoms with van der Waals surface area (Å²) in [6.45, 7) is 8.44. The molecule has 0 amide bonds. The zero-order valence-corrected chi connectivity index (χ0v) is 24.1. The molecule has 39 heavy (non-hydrogen) atoms. The van der Waals surface area contributed by atoms with Crippen molar-refractivity contribution < 1.29 is 24.5 Å². The number of benzene rings is 1. The molecule has 9 atom stereocenters. The van der Waals surface area contributed by atoms with Crippen LogP contribution in [-0.2, 0) is 14.3 Å². The van der Waals surface area contributed by atoms with Crippen LogP contribution in [0, 0.1) is 28.6 Å². The number of aliphatic hydroxyl groups is 2. The van der Waals surface area contributed by atoms with Gasteiger partial charge in [0.25, 0.3) is 0 Å². The van der Waals surface area contributed by atoms with E-state index in [0.717, 1.165) is 50.5 Å². The van der Waals surface area contributed by atoms with Gasteiger partial charge >= 0.3 is 5.97 Å². The average molecular weight is 538 g/mol. The summed E-state index contributed by atoms with van der Waals surface area (Å²) in [5.41, 5.74) is 0.724. The third-order valence-corrected chi connectivity index (χ3v) is 11.4. The van der Waals surface area contributed by atoms with Gasteiger partial charge in [0.15, 0.2) is 5.78 Å². The van der Waals surface area contributed by atoms with Gasteiger partial charge in [-0.15, -0.1) is 0 Å². The molecule has 6 nitrogen and oxygen atoms in total. The standard InChI is InChI=1S/C33H47NO5/c1-21(30(37)23-8-6-5-7-9-23)34-19-15-29(36)33(38)18-14-28-26-11-10-24-20-25(39-22(2)35)12-16-31(24,3)27(26)13-17-32(28,33)4/h5-10,21,25-28,30,34,37-38H,11-20H2,1-4H3. The van der Waals surface area contributed by atoms with Crippen molar-refractivity contribution >= 4 is 11.8 Å². The minimum Gasteiger partial charge on any atom is -0.462 e. The molecule has 0 bridgehead atoms. The highest BCUT2D eigenvalue weighted by atomic mass is 16.5. The minimum absolute atomic E-state index is 0.00782. The maximum absolute atomic E-state index is 13.6. The van der Waals surface area contributed by atoms with Gasteiger partial charge in [-0.05, 0) is 80.6 Å². The second kappa shape index (κ2) is 10.8. The monoisotopic (exact) mass is 537 g/mol. The van der Waals surface area contributed by atoms with Crippen LogP contribution in [0.4, 0.5) is 0 Å². The van der Waals surface area contributed by atoms with Gasteiger partial charge in [0, 0.05) is 37.8 Å². The van der Waals surface area contributed by atoms with E-state index in [9.17, 15) is 19.8 Å². The van der Waals surface area contributed by atoms with Crippen molar-refractivity contribution in [3.05, 3.63) is 47.5 Å². The van der Waals surface area contributed by atoms with E-state index in [4.69, 9.17) is 4.74 Å². The second-order valence-electron chi connectivity index (χ2n) is 13.4. The normalized spacial score (nSPS) is 39.0. The van der Waals surface area contributed by atoms with Crippen molar-refractivity contribution in [3.8, 4) is 0 Å². The van der Waals surface area contributed by atoms with E-state index in [1.807, 2.05) is 37.3 Å². The molecular weight excluding hydrogens is 490 g/mol. The molecule has 0 saturated heterocycles. The summed E-state index contributed by atoms with van der Waals surface area (Å²) in [5, 5.41) is 25.9. The third-order valence-electron chi connectivity index (χ3n) is 11.4. The highest BCUT2D eigenvalue weighted by Crippen LogP contribution is 2.67. The van der Waals surface area contributed by atoms with Crippen molar-refractivity contribution in [1.82, 2.24) is 5.32 Å². The molecule has 1 aromatic carbocycles. The van der Waals surface area contributed by atoms with Crippen LogP contribution >= 0.6 is 0 Å². The molecule has 4 aliphatic rings. The first-order valence-corrected chi connectivity index (χ1v) is 15.1. The molecule has 9 unspecified atom stereocenters. The lowest BCUT2D eigenvalue weighted by Gasteiger charge is -2.58. The molecule has 6 heteroatoms. The highest BCUT2D eigenvalue weighted by Gasteiger charge is 2.65. The first kappa shape index (κ1) is 28.5. The summed E-state index contributed by atoms with van der Waals surface area (Å²) < 4.78 is 5.57. The Morgan fingerprint density at radius 2 is 1.79 bits per heavy atom. The van der Waals surface area contributed by atoms with Crippen LogP contribution in [-0.4, -0.2) is 46.3 Å². The summed E-state index contributed by atoms with van der Waals surface area (Å²) in [6.07, 6.45) is 9.11. The van der Waals surface area contributed by atoms with Crippen molar-refractivity contribution in [1.29, 1.82) is 0 Å². The number of carbonyl (C=O) groups excluding carboxylic acids is 2. The van der Waals surface area contributed by atoms with Crippen LogP contribution in [0.2, 0.25) is 0 Å². The molecule has 0 spiro atoms. The van der Waals surface area contributed by atoms with Crippen LogP contribution < -0.4 is 5.32 Å². The summed E-state index contributed by atoms with van der Waals surface area (Å²) in [6, 6.07) is 9.36. The van der Waals surface area contributed by atoms with E-state index in [1.54, 1.807) is 0 Å². The number of aliphatic hydroxyl groups excluding tert-OH is 1. The van der Waals surface area contributed by atoms with Gasteiger partial charge in [0.05, 0.1) is 6.10 Å². The van der Waals surface area contributed by atoms with E-state index < -0.39 is 17.1 Å². The van der Waals surface area contributed by atoms with Crippen LogP contribution in [0.15, 0.2) is 42.0 Å². The Morgan fingerprint density at radius 3 is 2.51 bits per heavy atom. The fraction of sp³-hybridized carbons (Fsp3) is 0.697. The van der Waals surface area contributed by atoms with Crippen molar-refractivity contribution in [2.75, 3.05) is 6.54 Å². The van der Waals surface area contributed by atoms with E-state index in [-0.39, 0.29) is 35.7 Å². The third kappa shape index (κ3) is 4.91. The molecule has 0 heterocycles. The number of Topliss-reactive ketones (excluding diaryl/α,β-unsaturated/α-hetero) is 1. The number of ketones is 1. The van der Waals surface area contributed by atoms with E-state index >= 15 is 0 Å². The Morgan fingerprint density at radius 1 is 1.08 bits per heavy atom. The average Bonchev–Trinajstić information content (AvgIpc) is 3.20.